The number of esters is 2. The lowest BCUT2D eigenvalue weighted by molar-refractivity contribution is -0.155. The molecule has 0 N–H and O–H groups in total. The third kappa shape index (κ3) is 9.12. The predicted molar refractivity (Wildman–Crippen MR) is 85.1 cm³/mol. The quantitative estimate of drug-likeness (QED) is 0.361. The molecule has 0 aliphatic rings. The van der Waals surface area contributed by atoms with Crippen molar-refractivity contribution in [3.05, 3.63) is 12.7 Å². The first-order valence-corrected chi connectivity index (χ1v) is 7.53. The minimum absolute atomic E-state index is 0.00834. The Morgan fingerprint density at radius 2 is 1.88 bits per heavy atom. The maximum absolute atomic E-state index is 13.4. The van der Waals surface area contributed by atoms with E-state index in [0.29, 0.717) is 0 Å². The van der Waals surface area contributed by atoms with E-state index in [-0.39, 0.29) is 19.4 Å². The zero-order valence-electron chi connectivity index (χ0n) is 14.7. The molecule has 0 bridgehead atoms. The monoisotopic (exact) mass is 347 g/mol. The van der Waals surface area contributed by atoms with Gasteiger partial charge in [-0.3, -0.25) is 14.5 Å². The Labute approximate surface area is 141 Å². The van der Waals surface area contributed by atoms with Gasteiger partial charge >= 0.3 is 18.0 Å². The van der Waals surface area contributed by atoms with Gasteiger partial charge < -0.3 is 14.2 Å². The van der Waals surface area contributed by atoms with E-state index >= 15 is 0 Å². The van der Waals surface area contributed by atoms with Gasteiger partial charge in [-0.25, -0.2) is 9.18 Å². The van der Waals surface area contributed by atoms with Crippen molar-refractivity contribution >= 4 is 18.0 Å². The molecule has 0 spiro atoms. The van der Waals surface area contributed by atoms with Gasteiger partial charge in [0.05, 0.1) is 13.2 Å². The van der Waals surface area contributed by atoms with Crippen LogP contribution in [-0.4, -0.2) is 61.5 Å². The molecule has 138 valence electrons. The summed E-state index contributed by atoms with van der Waals surface area (Å²) in [4.78, 5) is 36.1. The van der Waals surface area contributed by atoms with Crippen LogP contribution in [-0.2, 0) is 23.8 Å². The van der Waals surface area contributed by atoms with Gasteiger partial charge in [-0.2, -0.15) is 0 Å². The van der Waals surface area contributed by atoms with Crippen LogP contribution in [0.3, 0.4) is 0 Å². The molecule has 0 aliphatic carbocycles. The van der Waals surface area contributed by atoms with E-state index in [0.717, 1.165) is 12.0 Å². The van der Waals surface area contributed by atoms with Crippen molar-refractivity contribution in [2.24, 2.45) is 0 Å². The molecule has 0 radical (unpaired) electrons. The summed E-state index contributed by atoms with van der Waals surface area (Å²) in [7, 11) is 1.15. The fraction of sp³-hybridized carbons (Fsp3) is 0.688. The van der Waals surface area contributed by atoms with Crippen molar-refractivity contribution in [3.63, 3.8) is 0 Å². The SMILES string of the molecule is C=CCOC(=O)N(CC(=O)OC)[C@H](CF)CCC(=O)OC(C)(C)C. The number of alkyl halides is 1. The summed E-state index contributed by atoms with van der Waals surface area (Å²) in [6.45, 7) is 7.05. The second kappa shape index (κ2) is 10.6. The van der Waals surface area contributed by atoms with Crippen molar-refractivity contribution in [2.45, 2.75) is 45.3 Å². The zero-order valence-corrected chi connectivity index (χ0v) is 14.7. The average molecular weight is 347 g/mol. The van der Waals surface area contributed by atoms with Gasteiger partial charge in [0.2, 0.25) is 0 Å². The third-order valence-corrected chi connectivity index (χ3v) is 2.81. The molecule has 1 atom stereocenters. The number of ether oxygens (including phenoxy) is 3. The summed E-state index contributed by atoms with van der Waals surface area (Å²) < 4.78 is 27.8. The van der Waals surface area contributed by atoms with Crippen LogP contribution >= 0.6 is 0 Å². The van der Waals surface area contributed by atoms with E-state index in [1.54, 1.807) is 20.8 Å². The topological polar surface area (TPSA) is 82.1 Å². The highest BCUT2D eigenvalue weighted by atomic mass is 19.1. The third-order valence-electron chi connectivity index (χ3n) is 2.81. The van der Waals surface area contributed by atoms with Crippen molar-refractivity contribution in [3.8, 4) is 0 Å². The molecule has 0 aromatic heterocycles. The molecule has 0 rings (SSSR count). The van der Waals surface area contributed by atoms with E-state index in [1.165, 1.54) is 6.08 Å². The van der Waals surface area contributed by atoms with Crippen molar-refractivity contribution < 1.29 is 33.0 Å². The molecule has 1 amide bonds. The van der Waals surface area contributed by atoms with Crippen molar-refractivity contribution in [2.75, 3.05) is 26.9 Å². The molecule has 0 unspecified atom stereocenters. The van der Waals surface area contributed by atoms with E-state index in [9.17, 15) is 18.8 Å². The van der Waals surface area contributed by atoms with Crippen LogP contribution < -0.4 is 0 Å². The molecule has 0 saturated carbocycles. The molecule has 24 heavy (non-hydrogen) atoms. The number of halogens is 1. The summed E-state index contributed by atoms with van der Waals surface area (Å²) in [6.07, 6.45) is 0.357. The van der Waals surface area contributed by atoms with Crippen LogP contribution in [0.2, 0.25) is 0 Å². The molecule has 0 aromatic rings. The number of carbonyl (C=O) groups excluding carboxylic acids is 3. The molecule has 0 aliphatic heterocycles. The molecular weight excluding hydrogens is 321 g/mol. The molecule has 0 saturated heterocycles. The van der Waals surface area contributed by atoms with Gasteiger partial charge in [-0.1, -0.05) is 12.7 Å². The number of carbonyl (C=O) groups is 3. The van der Waals surface area contributed by atoms with E-state index in [2.05, 4.69) is 11.3 Å². The van der Waals surface area contributed by atoms with E-state index in [4.69, 9.17) is 9.47 Å². The Morgan fingerprint density at radius 1 is 1.25 bits per heavy atom. The van der Waals surface area contributed by atoms with Gasteiger partial charge in [-0.15, -0.1) is 0 Å². The number of hydrogen-bond donors (Lipinski definition) is 0. The lowest BCUT2D eigenvalue weighted by Crippen LogP contribution is -2.45. The molecule has 7 nitrogen and oxygen atoms in total. The number of hydrogen-bond acceptors (Lipinski definition) is 6. The Hall–Kier alpha value is -2.12. The Kier molecular flexibility index (Phi) is 9.68. The van der Waals surface area contributed by atoms with Crippen molar-refractivity contribution in [1.82, 2.24) is 4.90 Å². The van der Waals surface area contributed by atoms with Crippen LogP contribution in [0.4, 0.5) is 9.18 Å². The summed E-state index contributed by atoms with van der Waals surface area (Å²) in [6, 6.07) is -1.01. The van der Waals surface area contributed by atoms with Crippen LogP contribution in [0, 0.1) is 0 Å². The highest BCUT2D eigenvalue weighted by molar-refractivity contribution is 5.78. The summed E-state index contributed by atoms with van der Waals surface area (Å²) >= 11 is 0. The molecule has 0 fully saturated rings. The predicted octanol–water partition coefficient (Wildman–Crippen LogP) is 2.24. The minimum atomic E-state index is -1.01. The molecule has 0 heterocycles. The van der Waals surface area contributed by atoms with Gasteiger partial charge in [0.25, 0.3) is 0 Å². The normalized spacial score (nSPS) is 12.0. The molecule has 8 heteroatoms. The second-order valence-corrected chi connectivity index (χ2v) is 6.00. The molecular formula is C16H26FNO6. The summed E-state index contributed by atoms with van der Waals surface area (Å²) in [5.41, 5.74) is -0.656. The Morgan fingerprint density at radius 3 is 2.33 bits per heavy atom. The first-order chi connectivity index (χ1) is 11.1. The maximum atomic E-state index is 13.4. The fourth-order valence-electron chi connectivity index (χ4n) is 1.75. The first-order valence-electron chi connectivity index (χ1n) is 7.53. The summed E-state index contributed by atoms with van der Waals surface area (Å²) in [5, 5.41) is 0. The van der Waals surface area contributed by atoms with Crippen LogP contribution in [0.1, 0.15) is 33.6 Å². The second-order valence-electron chi connectivity index (χ2n) is 6.00. The number of rotatable bonds is 9. The fourth-order valence-corrected chi connectivity index (χ4v) is 1.75. The lowest BCUT2D eigenvalue weighted by Gasteiger charge is -2.28. The zero-order chi connectivity index (χ0) is 18.8. The largest absolute Gasteiger partial charge is 0.468 e. The van der Waals surface area contributed by atoms with Crippen LogP contribution in [0.25, 0.3) is 0 Å². The molecule has 0 aromatic carbocycles. The lowest BCUT2D eigenvalue weighted by atomic mass is 10.1. The maximum Gasteiger partial charge on any atom is 0.410 e. The Bertz CT molecular complexity index is 446. The van der Waals surface area contributed by atoms with Gasteiger partial charge in [0.1, 0.15) is 25.4 Å². The highest BCUT2D eigenvalue weighted by Crippen LogP contribution is 2.14. The highest BCUT2D eigenvalue weighted by Gasteiger charge is 2.29. The van der Waals surface area contributed by atoms with Gasteiger partial charge in [0, 0.05) is 6.42 Å². The van der Waals surface area contributed by atoms with E-state index in [1.807, 2.05) is 0 Å². The standard InChI is InChI=1S/C16H26FNO6/c1-6-9-23-15(21)18(11-14(20)22-5)12(10-17)7-8-13(19)24-16(2,3)4/h6,12H,1,7-11H2,2-5H3/t12-/m0/s1. The first kappa shape index (κ1) is 21.9. The summed E-state index contributed by atoms with van der Waals surface area (Å²) in [5.74, 6) is -1.24. The number of nitrogens with zero attached hydrogens (tertiary/aromatic N) is 1. The minimum Gasteiger partial charge on any atom is -0.468 e. The van der Waals surface area contributed by atoms with E-state index < -0.39 is 42.9 Å². The number of methoxy groups -OCH3 is 1. The van der Waals surface area contributed by atoms with Gasteiger partial charge in [0.15, 0.2) is 0 Å². The van der Waals surface area contributed by atoms with Crippen molar-refractivity contribution in [1.29, 1.82) is 0 Å². The van der Waals surface area contributed by atoms with Crippen LogP contribution in [0.15, 0.2) is 12.7 Å². The smallest absolute Gasteiger partial charge is 0.410 e. The number of amides is 1. The average Bonchev–Trinajstić information content (AvgIpc) is 2.49. The Balaban J connectivity index is 4.90. The van der Waals surface area contributed by atoms with Crippen LogP contribution in [0.5, 0.6) is 0 Å². The van der Waals surface area contributed by atoms with Gasteiger partial charge in [-0.05, 0) is 27.2 Å².